The molecule has 0 fully saturated rings. The minimum Gasteiger partial charge on any atom is -0.444 e. The molecule has 0 aliphatic heterocycles. The summed E-state index contributed by atoms with van der Waals surface area (Å²) in [5, 5.41) is 9.88. The van der Waals surface area contributed by atoms with Crippen molar-refractivity contribution in [3.63, 3.8) is 0 Å². The number of anilines is 2. The number of alkyl carbamates (subject to hydrolysis) is 1. The number of ether oxygens (including phenoxy) is 1. The number of imidazole rings is 1. The van der Waals surface area contributed by atoms with Crippen molar-refractivity contribution in [2.75, 3.05) is 17.6 Å². The van der Waals surface area contributed by atoms with Crippen LogP contribution in [0.2, 0.25) is 0 Å². The quantitative estimate of drug-likeness (QED) is 0.564. The van der Waals surface area contributed by atoms with E-state index in [0.717, 1.165) is 18.5 Å². The van der Waals surface area contributed by atoms with E-state index in [2.05, 4.69) is 20.7 Å². The molecule has 30 heavy (non-hydrogen) atoms. The van der Waals surface area contributed by atoms with E-state index >= 15 is 0 Å². The summed E-state index contributed by atoms with van der Waals surface area (Å²) >= 11 is 0. The maximum absolute atomic E-state index is 12.7. The van der Waals surface area contributed by atoms with Gasteiger partial charge in [0.05, 0.1) is 11.4 Å². The molecule has 0 spiro atoms. The van der Waals surface area contributed by atoms with Crippen molar-refractivity contribution in [2.45, 2.75) is 73.1 Å². The van der Waals surface area contributed by atoms with Crippen molar-refractivity contribution in [3.8, 4) is 0 Å². The molecular weight excluding hydrogens is 386 g/mol. The minimum absolute atomic E-state index is 0.282. The van der Waals surface area contributed by atoms with Gasteiger partial charge in [-0.05, 0) is 60.5 Å². The number of hydrogen-bond acceptors (Lipinski definition) is 6. The summed E-state index contributed by atoms with van der Waals surface area (Å²) in [7, 11) is 0. The zero-order valence-corrected chi connectivity index (χ0v) is 18.7. The van der Waals surface area contributed by atoms with E-state index in [4.69, 9.17) is 10.5 Å². The Morgan fingerprint density at radius 1 is 1.23 bits per heavy atom. The minimum atomic E-state index is -0.522. The lowest BCUT2D eigenvalue weighted by molar-refractivity contribution is 0.0526. The number of amides is 2. The van der Waals surface area contributed by atoms with Crippen LogP contribution < -0.4 is 16.4 Å². The molecule has 0 aliphatic rings. The Balaban J connectivity index is 1.95. The van der Waals surface area contributed by atoms with Crippen LogP contribution in [0.4, 0.5) is 16.6 Å². The van der Waals surface area contributed by atoms with E-state index < -0.39 is 11.7 Å². The van der Waals surface area contributed by atoms with E-state index in [1.165, 1.54) is 0 Å². The van der Waals surface area contributed by atoms with Gasteiger partial charge in [-0.2, -0.15) is 5.10 Å². The van der Waals surface area contributed by atoms with Gasteiger partial charge in [0.15, 0.2) is 0 Å². The molecule has 0 bridgehead atoms. The van der Waals surface area contributed by atoms with Gasteiger partial charge in [-0.1, -0.05) is 0 Å². The fraction of sp³-hybridized carbons (Fsp3) is 0.600. The smallest absolute Gasteiger partial charge is 0.407 e. The normalized spacial score (nSPS) is 11.4. The first-order chi connectivity index (χ1) is 14.0. The molecule has 0 saturated carbocycles. The number of aryl methyl sites for hydroxylation is 3. The monoisotopic (exact) mass is 419 g/mol. The highest BCUT2D eigenvalue weighted by Crippen LogP contribution is 2.20. The highest BCUT2D eigenvalue weighted by atomic mass is 16.6. The Bertz CT molecular complexity index is 893. The number of carbonyl (C=O) groups is 2. The van der Waals surface area contributed by atoms with Crippen molar-refractivity contribution in [2.24, 2.45) is 0 Å². The van der Waals surface area contributed by atoms with Crippen molar-refractivity contribution in [1.82, 2.24) is 24.6 Å². The summed E-state index contributed by atoms with van der Waals surface area (Å²) in [6.45, 7) is 12.7. The highest BCUT2D eigenvalue weighted by Gasteiger charge is 2.19. The van der Waals surface area contributed by atoms with Gasteiger partial charge in [0.1, 0.15) is 17.1 Å². The number of nitrogens with one attached hydrogen (secondary N) is 2. The zero-order valence-electron chi connectivity index (χ0n) is 18.7. The molecule has 10 nitrogen and oxygen atoms in total. The van der Waals surface area contributed by atoms with Gasteiger partial charge in [-0.15, -0.1) is 0 Å². The SMILES string of the molecule is CCn1nc(C)cc1C(=O)Nc1nc(C)c(N)n1CCCCNC(=O)OC(C)(C)C. The van der Waals surface area contributed by atoms with Crippen LogP contribution in [0.1, 0.15) is 62.4 Å². The molecule has 10 heteroatoms. The van der Waals surface area contributed by atoms with Gasteiger partial charge in [0.2, 0.25) is 5.95 Å². The van der Waals surface area contributed by atoms with Crippen LogP contribution in [-0.4, -0.2) is 43.5 Å². The second-order valence-electron chi connectivity index (χ2n) is 8.13. The molecule has 4 N–H and O–H groups in total. The molecule has 0 aliphatic carbocycles. The zero-order chi connectivity index (χ0) is 22.5. The molecular formula is C20H33N7O3. The maximum atomic E-state index is 12.7. The number of nitrogens with zero attached hydrogens (tertiary/aromatic N) is 4. The number of nitrogens with two attached hydrogens (primary N) is 1. The lowest BCUT2D eigenvalue weighted by Crippen LogP contribution is -2.33. The highest BCUT2D eigenvalue weighted by molar-refractivity contribution is 6.02. The van der Waals surface area contributed by atoms with Gasteiger partial charge in [0.25, 0.3) is 5.91 Å². The van der Waals surface area contributed by atoms with Crippen LogP contribution in [-0.2, 0) is 17.8 Å². The fourth-order valence-corrected chi connectivity index (χ4v) is 2.94. The van der Waals surface area contributed by atoms with Gasteiger partial charge < -0.3 is 15.8 Å². The molecule has 2 heterocycles. The number of nitrogen functional groups attached to an aromatic ring is 1. The molecule has 0 atom stereocenters. The van der Waals surface area contributed by atoms with Crippen LogP contribution in [0, 0.1) is 13.8 Å². The molecule has 0 unspecified atom stereocenters. The van der Waals surface area contributed by atoms with Crippen molar-refractivity contribution in [3.05, 3.63) is 23.1 Å². The van der Waals surface area contributed by atoms with Crippen LogP contribution in [0.5, 0.6) is 0 Å². The molecule has 0 aromatic carbocycles. The first kappa shape index (κ1) is 23.2. The van der Waals surface area contributed by atoms with Gasteiger partial charge in [-0.25, -0.2) is 9.78 Å². The van der Waals surface area contributed by atoms with E-state index in [1.54, 1.807) is 22.2 Å². The topological polar surface area (TPSA) is 129 Å². The summed E-state index contributed by atoms with van der Waals surface area (Å²) in [5.74, 6) is 0.623. The first-order valence-electron chi connectivity index (χ1n) is 10.2. The van der Waals surface area contributed by atoms with Gasteiger partial charge in [0, 0.05) is 19.6 Å². The Hall–Kier alpha value is -3.04. The second-order valence-corrected chi connectivity index (χ2v) is 8.13. The lowest BCUT2D eigenvalue weighted by atomic mass is 10.2. The predicted molar refractivity (Wildman–Crippen MR) is 115 cm³/mol. The van der Waals surface area contributed by atoms with E-state index in [0.29, 0.717) is 42.8 Å². The molecule has 2 aromatic heterocycles. The summed E-state index contributed by atoms with van der Waals surface area (Å²) in [6.07, 6.45) is 1.03. The van der Waals surface area contributed by atoms with E-state index in [-0.39, 0.29) is 5.91 Å². The van der Waals surface area contributed by atoms with Crippen LogP contribution in [0.15, 0.2) is 6.07 Å². The third-order valence-electron chi connectivity index (χ3n) is 4.33. The number of hydrogen-bond donors (Lipinski definition) is 3. The Morgan fingerprint density at radius 3 is 2.57 bits per heavy atom. The fourth-order valence-electron chi connectivity index (χ4n) is 2.94. The van der Waals surface area contributed by atoms with Crippen LogP contribution in [0.25, 0.3) is 0 Å². The molecule has 166 valence electrons. The number of carbonyl (C=O) groups excluding carboxylic acids is 2. The first-order valence-corrected chi connectivity index (χ1v) is 10.2. The Morgan fingerprint density at radius 2 is 1.93 bits per heavy atom. The van der Waals surface area contributed by atoms with E-state index in [9.17, 15) is 9.59 Å². The van der Waals surface area contributed by atoms with Gasteiger partial charge in [-0.3, -0.25) is 19.4 Å². The third-order valence-corrected chi connectivity index (χ3v) is 4.33. The molecule has 0 radical (unpaired) electrons. The average Bonchev–Trinajstić information content (AvgIpc) is 3.14. The summed E-state index contributed by atoms with van der Waals surface area (Å²) in [6, 6.07) is 1.74. The summed E-state index contributed by atoms with van der Waals surface area (Å²) in [4.78, 5) is 28.8. The summed E-state index contributed by atoms with van der Waals surface area (Å²) < 4.78 is 8.64. The molecule has 2 amide bonds. The van der Waals surface area contributed by atoms with E-state index in [1.807, 2.05) is 34.6 Å². The van der Waals surface area contributed by atoms with Crippen molar-refractivity contribution in [1.29, 1.82) is 0 Å². The molecule has 2 aromatic rings. The number of rotatable bonds is 8. The van der Waals surface area contributed by atoms with Gasteiger partial charge >= 0.3 is 6.09 Å². The molecule has 0 saturated heterocycles. The largest absolute Gasteiger partial charge is 0.444 e. The summed E-state index contributed by atoms with van der Waals surface area (Å²) in [5.41, 5.74) is 7.53. The average molecular weight is 420 g/mol. The maximum Gasteiger partial charge on any atom is 0.407 e. The molecule has 2 rings (SSSR count). The predicted octanol–water partition coefficient (Wildman–Crippen LogP) is 2.86. The third kappa shape index (κ3) is 6.23. The van der Waals surface area contributed by atoms with Crippen LogP contribution in [0.3, 0.4) is 0 Å². The van der Waals surface area contributed by atoms with Crippen LogP contribution >= 0.6 is 0 Å². The Kier molecular flexibility index (Phi) is 7.47. The lowest BCUT2D eigenvalue weighted by Gasteiger charge is -2.19. The Labute approximate surface area is 177 Å². The standard InChI is InChI=1S/C20H33N7O3/c1-7-27-15(12-13(2)25-27)17(28)24-18-23-14(3)16(21)26(18)11-9-8-10-22-19(29)30-20(4,5)6/h12H,7-11,21H2,1-6H3,(H,22,29)(H,23,24,28). The number of aromatic nitrogens is 4. The van der Waals surface area contributed by atoms with Crippen molar-refractivity contribution >= 4 is 23.8 Å². The van der Waals surface area contributed by atoms with Crippen molar-refractivity contribution < 1.29 is 14.3 Å². The number of unbranched alkanes of at least 4 members (excludes halogenated alkanes) is 1. The second kappa shape index (κ2) is 9.64.